The SMILES string of the molecule is COc1ccc(C(=O)NCCC(C)N)c(OC)c1OC.Cl. The summed E-state index contributed by atoms with van der Waals surface area (Å²) in [6, 6.07) is 3.35. The van der Waals surface area contributed by atoms with E-state index in [0.29, 0.717) is 35.8 Å². The van der Waals surface area contributed by atoms with Crippen molar-refractivity contribution in [2.24, 2.45) is 5.73 Å². The van der Waals surface area contributed by atoms with Gasteiger partial charge in [-0.2, -0.15) is 0 Å². The molecule has 3 N–H and O–H groups in total. The summed E-state index contributed by atoms with van der Waals surface area (Å²) in [6.45, 7) is 2.40. The summed E-state index contributed by atoms with van der Waals surface area (Å²) in [5.41, 5.74) is 6.04. The Kier molecular flexibility index (Phi) is 8.57. The molecule has 0 aliphatic carbocycles. The van der Waals surface area contributed by atoms with Crippen molar-refractivity contribution in [3.8, 4) is 17.2 Å². The first kappa shape index (κ1) is 19.3. The molecular weight excluding hydrogens is 296 g/mol. The zero-order chi connectivity index (χ0) is 15.1. The van der Waals surface area contributed by atoms with Crippen molar-refractivity contribution in [2.75, 3.05) is 27.9 Å². The molecule has 0 spiro atoms. The quantitative estimate of drug-likeness (QED) is 0.798. The summed E-state index contributed by atoms with van der Waals surface area (Å²) in [5.74, 6) is 1.03. The summed E-state index contributed by atoms with van der Waals surface area (Å²) in [4.78, 5) is 12.1. The van der Waals surface area contributed by atoms with Gasteiger partial charge in [0.05, 0.1) is 26.9 Å². The highest BCUT2D eigenvalue weighted by atomic mass is 35.5. The van der Waals surface area contributed by atoms with E-state index in [2.05, 4.69) is 5.32 Å². The molecule has 1 amide bonds. The molecule has 120 valence electrons. The van der Waals surface area contributed by atoms with Crippen LogP contribution < -0.4 is 25.3 Å². The zero-order valence-electron chi connectivity index (χ0n) is 12.8. The van der Waals surface area contributed by atoms with E-state index in [-0.39, 0.29) is 24.4 Å². The number of rotatable bonds is 7. The van der Waals surface area contributed by atoms with Crippen LogP contribution in [0.1, 0.15) is 23.7 Å². The monoisotopic (exact) mass is 318 g/mol. The highest BCUT2D eigenvalue weighted by molar-refractivity contribution is 5.98. The maximum atomic E-state index is 12.1. The standard InChI is InChI=1S/C14H22N2O4.ClH/c1-9(15)7-8-16-14(17)10-5-6-11(18-2)13(20-4)12(10)19-3;/h5-6,9H,7-8,15H2,1-4H3,(H,16,17);1H. The Balaban J connectivity index is 0.00000400. The molecular formula is C14H23ClN2O4. The van der Waals surface area contributed by atoms with Crippen LogP contribution in [0.5, 0.6) is 17.2 Å². The molecule has 0 heterocycles. The van der Waals surface area contributed by atoms with E-state index in [4.69, 9.17) is 19.9 Å². The van der Waals surface area contributed by atoms with E-state index in [1.807, 2.05) is 6.92 Å². The van der Waals surface area contributed by atoms with Gasteiger partial charge in [0.2, 0.25) is 5.75 Å². The Morgan fingerprint density at radius 1 is 1.19 bits per heavy atom. The van der Waals surface area contributed by atoms with Crippen molar-refractivity contribution in [2.45, 2.75) is 19.4 Å². The second-order valence-corrected chi connectivity index (χ2v) is 4.40. The number of carbonyl (C=O) groups is 1. The molecule has 0 aromatic heterocycles. The van der Waals surface area contributed by atoms with Gasteiger partial charge in [-0.25, -0.2) is 0 Å². The maximum absolute atomic E-state index is 12.1. The minimum atomic E-state index is -0.233. The Labute approximate surface area is 131 Å². The van der Waals surface area contributed by atoms with Crippen molar-refractivity contribution in [3.05, 3.63) is 17.7 Å². The lowest BCUT2D eigenvalue weighted by molar-refractivity contribution is 0.0949. The van der Waals surface area contributed by atoms with Crippen molar-refractivity contribution in [1.82, 2.24) is 5.32 Å². The van der Waals surface area contributed by atoms with Crippen LogP contribution in [0.15, 0.2) is 12.1 Å². The molecule has 0 radical (unpaired) electrons. The van der Waals surface area contributed by atoms with E-state index < -0.39 is 0 Å². The predicted octanol–water partition coefficient (Wildman–Crippen LogP) is 1.60. The molecule has 0 aliphatic heterocycles. The molecule has 0 saturated heterocycles. The van der Waals surface area contributed by atoms with Gasteiger partial charge >= 0.3 is 0 Å². The normalized spacial score (nSPS) is 11.1. The van der Waals surface area contributed by atoms with E-state index in [0.717, 1.165) is 0 Å². The van der Waals surface area contributed by atoms with Crippen LogP contribution >= 0.6 is 12.4 Å². The van der Waals surface area contributed by atoms with Crippen molar-refractivity contribution in [3.63, 3.8) is 0 Å². The Morgan fingerprint density at radius 2 is 1.81 bits per heavy atom. The summed E-state index contributed by atoms with van der Waals surface area (Å²) >= 11 is 0. The second-order valence-electron chi connectivity index (χ2n) is 4.40. The average Bonchev–Trinajstić information content (AvgIpc) is 2.44. The minimum absolute atomic E-state index is 0. The lowest BCUT2D eigenvalue weighted by atomic mass is 10.1. The summed E-state index contributed by atoms with van der Waals surface area (Å²) in [5, 5.41) is 2.80. The molecule has 6 nitrogen and oxygen atoms in total. The number of nitrogens with two attached hydrogens (primary N) is 1. The number of hydrogen-bond acceptors (Lipinski definition) is 5. The second kappa shape index (κ2) is 9.31. The van der Waals surface area contributed by atoms with Gasteiger partial charge in [0.15, 0.2) is 11.5 Å². The van der Waals surface area contributed by atoms with E-state index >= 15 is 0 Å². The van der Waals surface area contributed by atoms with Crippen LogP contribution in [0.2, 0.25) is 0 Å². The molecule has 0 saturated carbocycles. The molecule has 0 bridgehead atoms. The molecule has 0 fully saturated rings. The van der Waals surface area contributed by atoms with Crippen LogP contribution in [-0.4, -0.2) is 39.8 Å². The van der Waals surface area contributed by atoms with Crippen molar-refractivity contribution < 1.29 is 19.0 Å². The Morgan fingerprint density at radius 3 is 2.29 bits per heavy atom. The highest BCUT2D eigenvalue weighted by Crippen LogP contribution is 2.39. The smallest absolute Gasteiger partial charge is 0.255 e. The summed E-state index contributed by atoms with van der Waals surface area (Å²) < 4.78 is 15.7. The van der Waals surface area contributed by atoms with Crippen molar-refractivity contribution >= 4 is 18.3 Å². The largest absolute Gasteiger partial charge is 0.493 e. The average molecular weight is 319 g/mol. The molecule has 7 heteroatoms. The van der Waals surface area contributed by atoms with Crippen molar-refractivity contribution in [1.29, 1.82) is 0 Å². The van der Waals surface area contributed by atoms with Gasteiger partial charge in [-0.05, 0) is 25.5 Å². The van der Waals surface area contributed by atoms with Gasteiger partial charge in [0.1, 0.15) is 0 Å². The molecule has 1 atom stereocenters. The fourth-order valence-corrected chi connectivity index (χ4v) is 1.79. The van der Waals surface area contributed by atoms with Gasteiger partial charge in [-0.15, -0.1) is 12.4 Å². The van der Waals surface area contributed by atoms with E-state index in [9.17, 15) is 4.79 Å². The number of amides is 1. The third-order valence-electron chi connectivity index (χ3n) is 2.83. The molecule has 1 aromatic rings. The number of ether oxygens (including phenoxy) is 3. The third-order valence-corrected chi connectivity index (χ3v) is 2.83. The maximum Gasteiger partial charge on any atom is 0.255 e. The number of halogens is 1. The van der Waals surface area contributed by atoms with Gasteiger partial charge in [-0.3, -0.25) is 4.79 Å². The fraction of sp³-hybridized carbons (Fsp3) is 0.500. The lowest BCUT2D eigenvalue weighted by Crippen LogP contribution is -2.29. The zero-order valence-corrected chi connectivity index (χ0v) is 13.6. The van der Waals surface area contributed by atoms with Crippen LogP contribution in [-0.2, 0) is 0 Å². The highest BCUT2D eigenvalue weighted by Gasteiger charge is 2.20. The predicted molar refractivity (Wildman–Crippen MR) is 83.9 cm³/mol. The number of hydrogen-bond donors (Lipinski definition) is 2. The van der Waals surface area contributed by atoms with Gasteiger partial charge in [-0.1, -0.05) is 0 Å². The summed E-state index contributed by atoms with van der Waals surface area (Å²) in [6.07, 6.45) is 0.710. The van der Waals surface area contributed by atoms with E-state index in [1.165, 1.54) is 21.3 Å². The molecule has 1 aromatic carbocycles. The van der Waals surface area contributed by atoms with Gasteiger partial charge in [0.25, 0.3) is 5.91 Å². The topological polar surface area (TPSA) is 82.8 Å². The number of benzene rings is 1. The first-order valence-electron chi connectivity index (χ1n) is 6.37. The van der Waals surface area contributed by atoms with Crippen LogP contribution in [0.4, 0.5) is 0 Å². The van der Waals surface area contributed by atoms with Crippen LogP contribution in [0, 0.1) is 0 Å². The lowest BCUT2D eigenvalue weighted by Gasteiger charge is -2.15. The van der Waals surface area contributed by atoms with Gasteiger partial charge in [0, 0.05) is 12.6 Å². The molecule has 1 rings (SSSR count). The van der Waals surface area contributed by atoms with Gasteiger partial charge < -0.3 is 25.3 Å². The molecule has 0 aliphatic rings. The first-order chi connectivity index (χ1) is 9.54. The minimum Gasteiger partial charge on any atom is -0.493 e. The Hall–Kier alpha value is -1.66. The Bertz CT molecular complexity index is 467. The van der Waals surface area contributed by atoms with Crippen LogP contribution in [0.3, 0.4) is 0 Å². The molecule has 21 heavy (non-hydrogen) atoms. The number of nitrogens with one attached hydrogen (secondary N) is 1. The summed E-state index contributed by atoms with van der Waals surface area (Å²) in [7, 11) is 4.51. The fourth-order valence-electron chi connectivity index (χ4n) is 1.79. The number of methoxy groups -OCH3 is 3. The third kappa shape index (κ3) is 4.99. The molecule has 1 unspecified atom stereocenters. The van der Waals surface area contributed by atoms with E-state index in [1.54, 1.807) is 12.1 Å². The van der Waals surface area contributed by atoms with Crippen LogP contribution in [0.25, 0.3) is 0 Å². The number of carbonyl (C=O) groups excluding carboxylic acids is 1. The first-order valence-corrected chi connectivity index (χ1v) is 6.37.